The summed E-state index contributed by atoms with van der Waals surface area (Å²) in [6.45, 7) is 3.96. The van der Waals surface area contributed by atoms with Gasteiger partial charge in [-0.25, -0.2) is 9.37 Å². The largest absolute Gasteiger partial charge is 0.306 e. The highest BCUT2D eigenvalue weighted by Gasteiger charge is 2.22. The van der Waals surface area contributed by atoms with Crippen LogP contribution in [0.15, 0.2) is 47.5 Å². The number of aromatic nitrogens is 3. The topological polar surface area (TPSA) is 61.9 Å². The van der Waals surface area contributed by atoms with Gasteiger partial charge in [-0.05, 0) is 42.3 Å². The molecule has 6 heteroatoms. The first kappa shape index (κ1) is 16.6. The van der Waals surface area contributed by atoms with Crippen molar-refractivity contribution in [2.45, 2.75) is 26.4 Å². The molecule has 2 aromatic heterocycles. The van der Waals surface area contributed by atoms with Gasteiger partial charge in [-0.1, -0.05) is 6.07 Å². The summed E-state index contributed by atoms with van der Waals surface area (Å²) in [5.41, 5.74) is 4.33. The first-order valence-corrected chi connectivity index (χ1v) is 8.60. The zero-order valence-electron chi connectivity index (χ0n) is 14.5. The number of fused-ring (bicyclic) bond motifs is 1. The van der Waals surface area contributed by atoms with Gasteiger partial charge in [-0.3, -0.25) is 14.7 Å². The molecule has 3 heterocycles. The molecule has 0 aliphatic carbocycles. The lowest BCUT2D eigenvalue weighted by atomic mass is 10.0. The van der Waals surface area contributed by atoms with Crippen LogP contribution < -0.4 is 5.56 Å². The molecule has 4 rings (SSSR count). The van der Waals surface area contributed by atoms with Crippen molar-refractivity contribution in [2.24, 2.45) is 0 Å². The van der Waals surface area contributed by atoms with Crippen molar-refractivity contribution >= 4 is 0 Å². The van der Waals surface area contributed by atoms with E-state index in [1.165, 1.54) is 6.07 Å². The van der Waals surface area contributed by atoms with Gasteiger partial charge in [0.05, 0.1) is 11.3 Å². The Kier molecular flexibility index (Phi) is 4.34. The van der Waals surface area contributed by atoms with E-state index in [1.54, 1.807) is 18.5 Å². The van der Waals surface area contributed by atoms with E-state index in [9.17, 15) is 9.18 Å². The number of aryl methyl sites for hydroxylation is 1. The van der Waals surface area contributed by atoms with E-state index in [0.717, 1.165) is 35.3 Å². The molecule has 26 heavy (non-hydrogen) atoms. The molecule has 0 bridgehead atoms. The summed E-state index contributed by atoms with van der Waals surface area (Å²) >= 11 is 0. The Balaban J connectivity index is 1.58. The van der Waals surface area contributed by atoms with Crippen LogP contribution in [0.5, 0.6) is 0 Å². The van der Waals surface area contributed by atoms with Crippen molar-refractivity contribution in [3.63, 3.8) is 0 Å². The van der Waals surface area contributed by atoms with Crippen LogP contribution in [0.3, 0.4) is 0 Å². The van der Waals surface area contributed by atoms with Gasteiger partial charge in [0.1, 0.15) is 11.6 Å². The van der Waals surface area contributed by atoms with Crippen LogP contribution in [0, 0.1) is 12.7 Å². The minimum absolute atomic E-state index is 0.0951. The number of hydrogen-bond acceptors (Lipinski definition) is 4. The van der Waals surface area contributed by atoms with E-state index < -0.39 is 0 Å². The fraction of sp³-hybridized carbons (Fsp3) is 0.250. The van der Waals surface area contributed by atoms with Crippen molar-refractivity contribution in [2.75, 3.05) is 6.54 Å². The second-order valence-electron chi connectivity index (χ2n) is 6.61. The van der Waals surface area contributed by atoms with Crippen molar-refractivity contribution in [1.82, 2.24) is 19.9 Å². The fourth-order valence-corrected chi connectivity index (χ4v) is 3.34. The van der Waals surface area contributed by atoms with Crippen LogP contribution in [0.2, 0.25) is 0 Å². The minimum Gasteiger partial charge on any atom is -0.306 e. The molecule has 1 aliphatic heterocycles. The average Bonchev–Trinajstić information content (AvgIpc) is 2.65. The van der Waals surface area contributed by atoms with Gasteiger partial charge in [0.2, 0.25) is 0 Å². The molecule has 5 nitrogen and oxygen atoms in total. The first-order valence-electron chi connectivity index (χ1n) is 8.60. The molecule has 0 fully saturated rings. The third-order valence-corrected chi connectivity index (χ3v) is 4.80. The molecular weight excluding hydrogens is 331 g/mol. The van der Waals surface area contributed by atoms with E-state index in [-0.39, 0.29) is 11.4 Å². The molecule has 0 amide bonds. The predicted octanol–water partition coefficient (Wildman–Crippen LogP) is 2.84. The summed E-state index contributed by atoms with van der Waals surface area (Å²) in [6, 6.07) is 8.50. The molecule has 0 unspecified atom stereocenters. The first-order chi connectivity index (χ1) is 12.6. The van der Waals surface area contributed by atoms with Crippen molar-refractivity contribution in [3.05, 3.63) is 81.3 Å². The summed E-state index contributed by atoms with van der Waals surface area (Å²) in [5, 5.41) is 0. The van der Waals surface area contributed by atoms with Crippen LogP contribution in [0.4, 0.5) is 4.39 Å². The highest BCUT2D eigenvalue weighted by Crippen LogP contribution is 2.21. The molecule has 0 radical (unpaired) electrons. The Morgan fingerprint density at radius 2 is 2.04 bits per heavy atom. The van der Waals surface area contributed by atoms with Crippen molar-refractivity contribution in [3.8, 4) is 11.4 Å². The molecule has 0 saturated carbocycles. The molecule has 0 saturated heterocycles. The maximum Gasteiger partial charge on any atom is 0.255 e. The number of pyridine rings is 1. The van der Waals surface area contributed by atoms with Crippen LogP contribution in [0.25, 0.3) is 11.4 Å². The monoisotopic (exact) mass is 350 g/mol. The van der Waals surface area contributed by atoms with E-state index in [0.29, 0.717) is 24.5 Å². The minimum atomic E-state index is -0.223. The number of rotatable bonds is 3. The number of benzene rings is 1. The SMILES string of the molecule is Cc1cc(F)ccc1CN1CCc2nc(-c3ccncc3)[nH]c(=O)c2C1. The lowest BCUT2D eigenvalue weighted by Crippen LogP contribution is -2.35. The third-order valence-electron chi connectivity index (χ3n) is 4.80. The molecule has 1 aliphatic rings. The van der Waals surface area contributed by atoms with Gasteiger partial charge < -0.3 is 4.98 Å². The highest BCUT2D eigenvalue weighted by molar-refractivity contribution is 5.54. The number of nitrogens with zero attached hydrogens (tertiary/aromatic N) is 3. The Labute approximate surface area is 150 Å². The van der Waals surface area contributed by atoms with E-state index in [4.69, 9.17) is 0 Å². The quantitative estimate of drug-likeness (QED) is 0.789. The summed E-state index contributed by atoms with van der Waals surface area (Å²) in [5.74, 6) is 0.360. The Morgan fingerprint density at radius 3 is 2.81 bits per heavy atom. The van der Waals surface area contributed by atoms with Gasteiger partial charge >= 0.3 is 0 Å². The van der Waals surface area contributed by atoms with Crippen LogP contribution in [-0.2, 0) is 19.5 Å². The average molecular weight is 350 g/mol. The zero-order chi connectivity index (χ0) is 18.1. The molecule has 1 N–H and O–H groups in total. The number of nitrogens with one attached hydrogen (secondary N) is 1. The van der Waals surface area contributed by atoms with Gasteiger partial charge in [-0.2, -0.15) is 0 Å². The second-order valence-corrected chi connectivity index (χ2v) is 6.61. The van der Waals surface area contributed by atoms with Crippen molar-refractivity contribution < 1.29 is 4.39 Å². The fourth-order valence-electron chi connectivity index (χ4n) is 3.34. The summed E-state index contributed by atoms with van der Waals surface area (Å²) in [4.78, 5) is 26.3. The van der Waals surface area contributed by atoms with Crippen LogP contribution in [0.1, 0.15) is 22.4 Å². The molecule has 1 aromatic carbocycles. The lowest BCUT2D eigenvalue weighted by molar-refractivity contribution is 0.241. The smallest absolute Gasteiger partial charge is 0.255 e. The van der Waals surface area contributed by atoms with Gasteiger partial charge in [0.15, 0.2) is 0 Å². The van der Waals surface area contributed by atoms with E-state index in [1.807, 2.05) is 25.1 Å². The predicted molar refractivity (Wildman–Crippen MR) is 97.0 cm³/mol. The maximum atomic E-state index is 13.3. The Hall–Kier alpha value is -2.86. The normalized spacial score (nSPS) is 14.2. The van der Waals surface area contributed by atoms with Gasteiger partial charge in [-0.15, -0.1) is 0 Å². The summed E-state index contributed by atoms with van der Waals surface area (Å²) in [7, 11) is 0. The number of halogens is 1. The molecule has 132 valence electrons. The summed E-state index contributed by atoms with van der Waals surface area (Å²) < 4.78 is 13.3. The zero-order valence-corrected chi connectivity index (χ0v) is 14.5. The highest BCUT2D eigenvalue weighted by atomic mass is 19.1. The van der Waals surface area contributed by atoms with Crippen LogP contribution >= 0.6 is 0 Å². The maximum absolute atomic E-state index is 13.3. The molecular formula is C20H19FN4O. The standard InChI is InChI=1S/C20H19FN4O/c1-13-10-16(21)3-2-15(13)11-25-9-6-18-17(12-25)20(26)24-19(23-18)14-4-7-22-8-5-14/h2-5,7-8,10H,6,9,11-12H2,1H3,(H,23,24,26). The van der Waals surface area contributed by atoms with Gasteiger partial charge in [0.25, 0.3) is 5.56 Å². The second kappa shape index (κ2) is 6.80. The molecule has 3 aromatic rings. The Morgan fingerprint density at radius 1 is 1.23 bits per heavy atom. The number of hydrogen-bond donors (Lipinski definition) is 1. The summed E-state index contributed by atoms with van der Waals surface area (Å²) in [6.07, 6.45) is 4.08. The van der Waals surface area contributed by atoms with Crippen LogP contribution in [-0.4, -0.2) is 26.4 Å². The number of aromatic amines is 1. The van der Waals surface area contributed by atoms with E-state index >= 15 is 0 Å². The van der Waals surface area contributed by atoms with E-state index in [2.05, 4.69) is 19.9 Å². The third kappa shape index (κ3) is 3.28. The van der Waals surface area contributed by atoms with Crippen molar-refractivity contribution in [1.29, 1.82) is 0 Å². The van der Waals surface area contributed by atoms with Gasteiger partial charge in [0, 0.05) is 44.0 Å². The lowest BCUT2D eigenvalue weighted by Gasteiger charge is -2.28. The Bertz CT molecular complexity index is 1000. The molecule has 0 spiro atoms. The number of H-pyrrole nitrogens is 1. The molecule has 0 atom stereocenters.